The highest BCUT2D eigenvalue weighted by molar-refractivity contribution is 7.71. The molecule has 0 spiro atoms. The van der Waals surface area contributed by atoms with Crippen molar-refractivity contribution in [1.82, 2.24) is 9.78 Å². The minimum absolute atomic E-state index is 0.738. The van der Waals surface area contributed by atoms with Gasteiger partial charge in [-0.15, -0.1) is 0 Å². The molecule has 0 aliphatic heterocycles. The van der Waals surface area contributed by atoms with Crippen LogP contribution in [0.1, 0.15) is 22.4 Å². The van der Waals surface area contributed by atoms with Crippen LogP contribution in [0.2, 0.25) is 0 Å². The van der Waals surface area contributed by atoms with Gasteiger partial charge in [0.25, 0.3) is 0 Å². The summed E-state index contributed by atoms with van der Waals surface area (Å²) in [6, 6.07) is 16.3. The molecule has 1 aromatic heterocycles. The minimum atomic E-state index is 0.738. The second kappa shape index (κ2) is 6.34. The van der Waals surface area contributed by atoms with E-state index in [1.807, 2.05) is 54.2 Å². The molecule has 0 unspecified atom stereocenters. The number of nitrogens with zero attached hydrogens (tertiary/aromatic N) is 2. The lowest BCUT2D eigenvalue weighted by molar-refractivity contribution is 0.853. The zero-order valence-corrected chi connectivity index (χ0v) is 14.3. The lowest BCUT2D eigenvalue weighted by Gasteiger charge is -2.01. The van der Waals surface area contributed by atoms with Crippen LogP contribution in [0.25, 0.3) is 5.69 Å². The van der Waals surface area contributed by atoms with Crippen LogP contribution in [0.15, 0.2) is 53.5 Å². The van der Waals surface area contributed by atoms with Crippen molar-refractivity contribution in [2.24, 2.45) is 4.99 Å². The molecule has 4 heteroatoms. The normalized spacial score (nSPS) is 11.3. The van der Waals surface area contributed by atoms with Crippen LogP contribution in [-0.4, -0.2) is 16.0 Å². The SMILES string of the molecule is Cc1ccc(N=Cc2c(C)[nH]n(-c3ccccc3)c2=S)c(C)c1. The summed E-state index contributed by atoms with van der Waals surface area (Å²) in [5, 5.41) is 3.31. The van der Waals surface area contributed by atoms with Crippen molar-refractivity contribution in [3.05, 3.63) is 75.6 Å². The van der Waals surface area contributed by atoms with Crippen LogP contribution in [0, 0.1) is 25.4 Å². The third-order valence-corrected chi connectivity index (χ3v) is 4.22. The van der Waals surface area contributed by atoms with Crippen molar-refractivity contribution in [2.45, 2.75) is 20.8 Å². The number of aromatic nitrogens is 2. The second-order valence-corrected chi connectivity index (χ2v) is 6.06. The Labute approximate surface area is 141 Å². The van der Waals surface area contributed by atoms with Crippen LogP contribution >= 0.6 is 12.2 Å². The Morgan fingerprint density at radius 2 is 1.78 bits per heavy atom. The van der Waals surface area contributed by atoms with Gasteiger partial charge >= 0.3 is 0 Å². The molecule has 3 nitrogen and oxygen atoms in total. The van der Waals surface area contributed by atoms with Gasteiger partial charge < -0.3 is 0 Å². The lowest BCUT2D eigenvalue weighted by Crippen LogP contribution is -1.95. The fraction of sp³-hybridized carbons (Fsp3) is 0.158. The summed E-state index contributed by atoms with van der Waals surface area (Å²) in [5.74, 6) is 0. The fourth-order valence-corrected chi connectivity index (χ4v) is 2.91. The molecule has 1 heterocycles. The van der Waals surface area contributed by atoms with E-state index in [9.17, 15) is 0 Å². The molecule has 0 radical (unpaired) electrons. The molecular formula is C19H19N3S. The van der Waals surface area contributed by atoms with Gasteiger partial charge in [-0.1, -0.05) is 48.1 Å². The Morgan fingerprint density at radius 3 is 2.48 bits per heavy atom. The number of aryl methyl sites for hydroxylation is 3. The molecule has 116 valence electrons. The lowest BCUT2D eigenvalue weighted by atomic mass is 10.1. The highest BCUT2D eigenvalue weighted by Crippen LogP contribution is 2.20. The predicted molar refractivity (Wildman–Crippen MR) is 98.9 cm³/mol. The molecule has 0 amide bonds. The summed E-state index contributed by atoms with van der Waals surface area (Å²) in [5.41, 5.74) is 6.35. The fourth-order valence-electron chi connectivity index (χ4n) is 2.55. The maximum atomic E-state index is 5.60. The monoisotopic (exact) mass is 321 g/mol. The highest BCUT2D eigenvalue weighted by atomic mass is 32.1. The quantitative estimate of drug-likeness (QED) is 0.521. The first-order chi connectivity index (χ1) is 11.1. The van der Waals surface area contributed by atoms with E-state index in [1.165, 1.54) is 5.56 Å². The van der Waals surface area contributed by atoms with Gasteiger partial charge in [0.2, 0.25) is 0 Å². The maximum absolute atomic E-state index is 5.60. The average molecular weight is 321 g/mol. The van der Waals surface area contributed by atoms with Crippen molar-refractivity contribution in [2.75, 3.05) is 0 Å². The van der Waals surface area contributed by atoms with Crippen LogP contribution in [-0.2, 0) is 0 Å². The van der Waals surface area contributed by atoms with Gasteiger partial charge in [-0.25, -0.2) is 4.68 Å². The van der Waals surface area contributed by atoms with Gasteiger partial charge in [0.1, 0.15) is 4.64 Å². The number of hydrogen-bond acceptors (Lipinski definition) is 2. The molecule has 0 atom stereocenters. The third-order valence-electron chi connectivity index (χ3n) is 3.82. The van der Waals surface area contributed by atoms with Gasteiger partial charge in [0.05, 0.1) is 16.9 Å². The number of nitrogens with one attached hydrogen (secondary N) is 1. The average Bonchev–Trinajstić information content (AvgIpc) is 2.82. The molecule has 2 aromatic carbocycles. The first kappa shape index (κ1) is 15.4. The number of aliphatic imine (C=N–C) groups is 1. The summed E-state index contributed by atoms with van der Waals surface area (Å²) in [6.45, 7) is 6.17. The van der Waals surface area contributed by atoms with Crippen LogP contribution < -0.4 is 0 Å². The molecule has 0 aliphatic carbocycles. The number of para-hydroxylation sites is 1. The second-order valence-electron chi connectivity index (χ2n) is 5.67. The Kier molecular flexibility index (Phi) is 4.26. The molecule has 0 bridgehead atoms. The largest absolute Gasteiger partial charge is 0.297 e. The van der Waals surface area contributed by atoms with Crippen molar-refractivity contribution in [3.63, 3.8) is 0 Å². The molecule has 0 aliphatic rings. The van der Waals surface area contributed by atoms with E-state index >= 15 is 0 Å². The topological polar surface area (TPSA) is 33.1 Å². The van der Waals surface area contributed by atoms with Crippen LogP contribution in [0.3, 0.4) is 0 Å². The van der Waals surface area contributed by atoms with E-state index in [1.54, 1.807) is 0 Å². The summed E-state index contributed by atoms with van der Waals surface area (Å²) < 4.78 is 2.65. The van der Waals surface area contributed by atoms with Gasteiger partial charge in [-0.2, -0.15) is 0 Å². The van der Waals surface area contributed by atoms with E-state index in [2.05, 4.69) is 36.1 Å². The van der Waals surface area contributed by atoms with Gasteiger partial charge in [-0.05, 0) is 44.5 Å². The molecule has 23 heavy (non-hydrogen) atoms. The Balaban J connectivity index is 2.00. The zero-order chi connectivity index (χ0) is 16.4. The van der Waals surface area contributed by atoms with Crippen molar-refractivity contribution in [3.8, 4) is 5.69 Å². The van der Waals surface area contributed by atoms with Crippen LogP contribution in [0.4, 0.5) is 5.69 Å². The molecule has 1 N–H and O–H groups in total. The number of aromatic amines is 1. The Hall–Kier alpha value is -2.46. The summed E-state index contributed by atoms with van der Waals surface area (Å²) >= 11 is 5.60. The number of hydrogen-bond donors (Lipinski definition) is 1. The summed E-state index contributed by atoms with van der Waals surface area (Å²) in [6.07, 6.45) is 1.85. The van der Waals surface area contributed by atoms with E-state index < -0.39 is 0 Å². The molecule has 3 aromatic rings. The number of rotatable bonds is 3. The number of H-pyrrole nitrogens is 1. The smallest absolute Gasteiger partial charge is 0.136 e. The van der Waals surface area contributed by atoms with Gasteiger partial charge in [-0.3, -0.25) is 10.1 Å². The van der Waals surface area contributed by atoms with Crippen LogP contribution in [0.5, 0.6) is 0 Å². The minimum Gasteiger partial charge on any atom is -0.297 e. The summed E-state index contributed by atoms with van der Waals surface area (Å²) in [7, 11) is 0. The first-order valence-electron chi connectivity index (χ1n) is 7.54. The van der Waals surface area contributed by atoms with E-state index in [-0.39, 0.29) is 0 Å². The molecule has 3 rings (SSSR count). The zero-order valence-electron chi connectivity index (χ0n) is 13.5. The van der Waals surface area contributed by atoms with Crippen molar-refractivity contribution in [1.29, 1.82) is 0 Å². The molecule has 0 saturated heterocycles. The Bertz CT molecular complexity index is 918. The third kappa shape index (κ3) is 3.17. The highest BCUT2D eigenvalue weighted by Gasteiger charge is 2.07. The van der Waals surface area contributed by atoms with E-state index in [0.29, 0.717) is 0 Å². The molecule has 0 saturated carbocycles. The van der Waals surface area contributed by atoms with E-state index in [4.69, 9.17) is 12.2 Å². The predicted octanol–water partition coefficient (Wildman–Crippen LogP) is 5.21. The van der Waals surface area contributed by atoms with E-state index in [0.717, 1.165) is 32.8 Å². The Morgan fingerprint density at radius 1 is 1.04 bits per heavy atom. The van der Waals surface area contributed by atoms with Gasteiger partial charge in [0.15, 0.2) is 0 Å². The van der Waals surface area contributed by atoms with Crippen molar-refractivity contribution >= 4 is 24.1 Å². The number of benzene rings is 2. The molecule has 0 fully saturated rings. The van der Waals surface area contributed by atoms with Gasteiger partial charge in [0, 0.05) is 11.9 Å². The van der Waals surface area contributed by atoms with Crippen molar-refractivity contribution < 1.29 is 0 Å². The molecular weight excluding hydrogens is 302 g/mol. The standard InChI is InChI=1S/C19H19N3S/c1-13-9-10-18(14(2)11-13)20-12-17-15(3)21-22(19(17)23)16-7-5-4-6-8-16/h4-12,21H,1-3H3. The summed E-state index contributed by atoms with van der Waals surface area (Å²) in [4.78, 5) is 4.62. The maximum Gasteiger partial charge on any atom is 0.136 e. The first-order valence-corrected chi connectivity index (χ1v) is 7.95.